The highest BCUT2D eigenvalue weighted by Gasteiger charge is 2.07. The fraction of sp³-hybridized carbons (Fsp3) is 0.208. The molecule has 0 aliphatic heterocycles. The van der Waals surface area contributed by atoms with E-state index >= 15 is 0 Å². The number of aromatic amines is 1. The molecule has 0 aliphatic rings. The second-order valence-corrected chi connectivity index (χ2v) is 7.77. The van der Waals surface area contributed by atoms with Gasteiger partial charge in [0, 0.05) is 43.1 Å². The van der Waals surface area contributed by atoms with Crippen molar-refractivity contribution in [1.82, 2.24) is 24.9 Å². The van der Waals surface area contributed by atoms with Crippen molar-refractivity contribution >= 4 is 11.6 Å². The Balaban J connectivity index is 1.28. The van der Waals surface area contributed by atoms with Crippen LogP contribution in [0.1, 0.15) is 22.4 Å². The van der Waals surface area contributed by atoms with Gasteiger partial charge < -0.3 is 14.2 Å². The Kier molecular flexibility index (Phi) is 7.34. The first-order valence-electron chi connectivity index (χ1n) is 10.5. The number of halogens is 1. The Morgan fingerprint density at radius 2 is 1.74 bits per heavy atom. The van der Waals surface area contributed by atoms with Crippen LogP contribution < -0.4 is 19.8 Å². The number of benzene rings is 1. The smallest absolute Gasteiger partial charge is 0.316 e. The third-order valence-corrected chi connectivity index (χ3v) is 5.28. The van der Waals surface area contributed by atoms with Crippen LogP contribution in [0.25, 0.3) is 0 Å². The summed E-state index contributed by atoms with van der Waals surface area (Å²) in [6.07, 6.45) is 5.70. The molecular formula is C24H22ClN5O4. The third-order valence-electron chi connectivity index (χ3n) is 4.88. The molecule has 1 aromatic carbocycles. The Hall–Kier alpha value is -3.98. The van der Waals surface area contributed by atoms with Crippen molar-refractivity contribution in [2.75, 3.05) is 13.7 Å². The summed E-state index contributed by atoms with van der Waals surface area (Å²) in [4.78, 5) is 31.6. The molecule has 0 spiro atoms. The zero-order valence-corrected chi connectivity index (χ0v) is 19.4. The average molecular weight is 480 g/mol. The number of pyridine rings is 1. The molecule has 0 atom stereocenters. The van der Waals surface area contributed by atoms with Gasteiger partial charge in [0.15, 0.2) is 0 Å². The van der Waals surface area contributed by atoms with Gasteiger partial charge >= 0.3 is 6.01 Å². The lowest BCUT2D eigenvalue weighted by molar-refractivity contribution is 0.295. The lowest BCUT2D eigenvalue weighted by Crippen LogP contribution is -2.16. The maximum atomic E-state index is 12.4. The molecule has 34 heavy (non-hydrogen) atoms. The fourth-order valence-electron chi connectivity index (χ4n) is 3.05. The van der Waals surface area contributed by atoms with E-state index in [1.54, 1.807) is 24.5 Å². The van der Waals surface area contributed by atoms with Gasteiger partial charge in [-0.15, -0.1) is 0 Å². The Labute approximate surface area is 200 Å². The molecule has 0 aliphatic carbocycles. The number of hydrogen-bond donors (Lipinski definition) is 1. The van der Waals surface area contributed by atoms with Crippen LogP contribution >= 0.6 is 11.6 Å². The van der Waals surface area contributed by atoms with Gasteiger partial charge in [-0.3, -0.25) is 9.78 Å². The van der Waals surface area contributed by atoms with Gasteiger partial charge in [0.1, 0.15) is 5.75 Å². The van der Waals surface area contributed by atoms with Crippen LogP contribution in [0.3, 0.4) is 0 Å². The molecule has 0 amide bonds. The maximum absolute atomic E-state index is 12.4. The number of rotatable bonds is 9. The highest BCUT2D eigenvalue weighted by molar-refractivity contribution is 6.31. The topological polar surface area (TPSA) is 112 Å². The van der Waals surface area contributed by atoms with E-state index < -0.39 is 0 Å². The van der Waals surface area contributed by atoms with Gasteiger partial charge in [-0.05, 0) is 36.2 Å². The number of hydrogen-bond acceptors (Lipinski definition) is 8. The van der Waals surface area contributed by atoms with E-state index in [1.165, 1.54) is 13.3 Å². The van der Waals surface area contributed by atoms with E-state index in [4.69, 9.17) is 25.8 Å². The molecule has 0 fully saturated rings. The van der Waals surface area contributed by atoms with Crippen molar-refractivity contribution < 1.29 is 14.2 Å². The predicted octanol–water partition coefficient (Wildman–Crippen LogP) is 3.93. The molecule has 0 bridgehead atoms. The molecule has 0 radical (unpaired) electrons. The molecule has 0 saturated carbocycles. The molecular weight excluding hydrogens is 458 g/mol. The van der Waals surface area contributed by atoms with Gasteiger partial charge in [-0.25, -0.2) is 19.9 Å². The van der Waals surface area contributed by atoms with E-state index in [2.05, 4.69) is 24.9 Å². The van der Waals surface area contributed by atoms with Crippen molar-refractivity contribution in [2.24, 2.45) is 0 Å². The van der Waals surface area contributed by atoms with Gasteiger partial charge in [-0.2, -0.15) is 0 Å². The number of aromatic nitrogens is 5. The predicted molar refractivity (Wildman–Crippen MR) is 126 cm³/mol. The number of H-pyrrole nitrogens is 1. The summed E-state index contributed by atoms with van der Waals surface area (Å²) >= 11 is 5.99. The van der Waals surface area contributed by atoms with Crippen LogP contribution in [-0.4, -0.2) is 38.6 Å². The summed E-state index contributed by atoms with van der Waals surface area (Å²) < 4.78 is 16.3. The van der Waals surface area contributed by atoms with Crippen LogP contribution in [0.15, 0.2) is 59.8 Å². The average Bonchev–Trinajstić information content (AvgIpc) is 2.85. The summed E-state index contributed by atoms with van der Waals surface area (Å²) in [5.41, 5.74) is 2.75. The van der Waals surface area contributed by atoms with E-state index in [1.807, 2.05) is 31.2 Å². The Bertz CT molecular complexity index is 1310. The minimum atomic E-state index is -0.270. The fourth-order valence-corrected chi connectivity index (χ4v) is 3.16. The zero-order chi connectivity index (χ0) is 23.9. The Morgan fingerprint density at radius 1 is 0.971 bits per heavy atom. The first-order chi connectivity index (χ1) is 16.5. The summed E-state index contributed by atoms with van der Waals surface area (Å²) in [7, 11) is 1.49. The molecule has 4 rings (SSSR count). The van der Waals surface area contributed by atoms with Crippen molar-refractivity contribution in [2.45, 2.75) is 19.8 Å². The van der Waals surface area contributed by atoms with E-state index in [9.17, 15) is 4.79 Å². The first-order valence-corrected chi connectivity index (χ1v) is 10.8. The number of ether oxygens (including phenoxy) is 3. The molecule has 3 heterocycles. The van der Waals surface area contributed by atoms with Crippen LogP contribution in [0, 0.1) is 6.92 Å². The van der Waals surface area contributed by atoms with Gasteiger partial charge in [0.2, 0.25) is 5.88 Å². The van der Waals surface area contributed by atoms with Crippen molar-refractivity contribution in [1.29, 1.82) is 0 Å². The SMILES string of the molecule is COc1ncc(Cc2cnc(OCCc3ccc(Oc4ccc(Cl)c(C)n4)cc3)[nH]c2=O)cn1. The quantitative estimate of drug-likeness (QED) is 0.384. The highest BCUT2D eigenvalue weighted by atomic mass is 35.5. The number of methoxy groups -OCH3 is 1. The van der Waals surface area contributed by atoms with Crippen molar-refractivity contribution in [3.05, 3.63) is 92.7 Å². The van der Waals surface area contributed by atoms with E-state index in [-0.39, 0.29) is 17.6 Å². The minimum Gasteiger partial charge on any atom is -0.467 e. The van der Waals surface area contributed by atoms with E-state index in [0.29, 0.717) is 47.4 Å². The van der Waals surface area contributed by atoms with Crippen LogP contribution in [0.2, 0.25) is 5.02 Å². The van der Waals surface area contributed by atoms with Crippen molar-refractivity contribution in [3.63, 3.8) is 0 Å². The van der Waals surface area contributed by atoms with Gasteiger partial charge in [0.05, 0.1) is 24.4 Å². The van der Waals surface area contributed by atoms with Crippen LogP contribution in [0.5, 0.6) is 23.7 Å². The van der Waals surface area contributed by atoms with E-state index in [0.717, 1.165) is 11.1 Å². The molecule has 9 nitrogen and oxygen atoms in total. The third kappa shape index (κ3) is 6.08. The van der Waals surface area contributed by atoms with Gasteiger partial charge in [0.25, 0.3) is 11.6 Å². The Morgan fingerprint density at radius 3 is 2.41 bits per heavy atom. The normalized spacial score (nSPS) is 10.7. The minimum absolute atomic E-state index is 0.170. The van der Waals surface area contributed by atoms with Gasteiger partial charge in [-0.1, -0.05) is 23.7 Å². The molecule has 174 valence electrons. The number of nitrogens with zero attached hydrogens (tertiary/aromatic N) is 4. The number of aryl methyl sites for hydroxylation is 1. The van der Waals surface area contributed by atoms with Crippen LogP contribution in [0.4, 0.5) is 0 Å². The molecule has 0 saturated heterocycles. The lowest BCUT2D eigenvalue weighted by atomic mass is 10.1. The second kappa shape index (κ2) is 10.8. The lowest BCUT2D eigenvalue weighted by Gasteiger charge is -2.08. The highest BCUT2D eigenvalue weighted by Crippen LogP contribution is 2.23. The molecule has 4 aromatic rings. The molecule has 1 N–H and O–H groups in total. The summed E-state index contributed by atoms with van der Waals surface area (Å²) in [6.45, 7) is 2.18. The summed E-state index contributed by atoms with van der Waals surface area (Å²) in [6, 6.07) is 11.5. The summed E-state index contributed by atoms with van der Waals surface area (Å²) in [5.74, 6) is 1.15. The molecule has 10 heteroatoms. The monoisotopic (exact) mass is 479 g/mol. The standard InChI is InChI=1S/C24H22ClN5O4/c1-15-20(25)7-8-21(29-15)34-19-5-3-16(4-6-19)9-10-33-24-28-14-18(22(31)30-24)11-17-12-26-23(32-2)27-13-17/h3-8,12-14H,9-11H2,1-2H3,(H,28,30,31). The van der Waals surface area contributed by atoms with Crippen molar-refractivity contribution in [3.8, 4) is 23.7 Å². The largest absolute Gasteiger partial charge is 0.467 e. The summed E-state index contributed by atoms with van der Waals surface area (Å²) in [5, 5.41) is 0.597. The second-order valence-electron chi connectivity index (χ2n) is 7.36. The first kappa shape index (κ1) is 23.2. The maximum Gasteiger partial charge on any atom is 0.316 e. The van der Waals surface area contributed by atoms with Crippen LogP contribution in [-0.2, 0) is 12.8 Å². The molecule has 3 aromatic heterocycles. The number of nitrogens with one attached hydrogen (secondary N) is 1. The molecule has 0 unspecified atom stereocenters. The zero-order valence-electron chi connectivity index (χ0n) is 18.6.